The first-order chi connectivity index (χ1) is 51.6. The first-order valence-electron chi connectivity index (χ1n) is 35.2. The van der Waals surface area contributed by atoms with Gasteiger partial charge < -0.3 is 9.13 Å². The molecule has 0 N–H and O–H groups in total. The lowest BCUT2D eigenvalue weighted by Crippen LogP contribution is -2.00. The van der Waals surface area contributed by atoms with Gasteiger partial charge in [0.25, 0.3) is 0 Å². The summed E-state index contributed by atoms with van der Waals surface area (Å²) >= 11 is 1.87. The third-order valence-corrected chi connectivity index (χ3v) is 21.6. The van der Waals surface area contributed by atoms with E-state index in [9.17, 15) is 0 Å². The van der Waals surface area contributed by atoms with Crippen molar-refractivity contribution >= 4 is 108 Å². The standard InChI is InChI=1S/C51H33N3.C45H28N4S/c1-3-14-34(15-4-1)35-16-13-17-38(30-35)43-33-51(52-46-23-10-7-20-40(43)46)54-48-25-12-9-22-42(48)45-32-37(27-29-50(45)54)36-26-28-49-44(31-36)41-21-8-11-24-47(41)53(49)39-18-5-2-6-19-39;1-3-12-29(13-4-1)43-46-44(30-14-5-2-6-15-30)48-45(47-43)31-22-25-33(26-23-31)49-39-20-9-7-16-35(39)36-27-24-32(28-40(36)49)34-18-11-19-38-37-17-8-10-21-41(37)50-42(34)38/h1-33H;1-28H. The molecule has 0 saturated carbocycles. The number of fused-ring (bicyclic) bond motifs is 13. The van der Waals surface area contributed by atoms with Crippen molar-refractivity contribution in [3.63, 3.8) is 0 Å². The second-order valence-electron chi connectivity index (χ2n) is 26.4. The zero-order chi connectivity index (χ0) is 68.6. The van der Waals surface area contributed by atoms with Crippen molar-refractivity contribution in [3.05, 3.63) is 370 Å². The van der Waals surface area contributed by atoms with Gasteiger partial charge in [-0.25, -0.2) is 19.9 Å². The van der Waals surface area contributed by atoms with Crippen LogP contribution in [0.2, 0.25) is 0 Å². The van der Waals surface area contributed by atoms with Gasteiger partial charge in [-0.2, -0.15) is 0 Å². The Labute approximate surface area is 603 Å². The van der Waals surface area contributed by atoms with Crippen LogP contribution in [0.15, 0.2) is 370 Å². The number of pyridine rings is 1. The van der Waals surface area contributed by atoms with Crippen LogP contribution < -0.4 is 0 Å². The van der Waals surface area contributed by atoms with Crippen molar-refractivity contribution in [2.24, 2.45) is 0 Å². The fraction of sp³-hybridized carbons (Fsp3) is 0. The number of hydrogen-bond donors (Lipinski definition) is 0. The van der Waals surface area contributed by atoms with Gasteiger partial charge in [-0.05, 0) is 154 Å². The molecule has 6 heterocycles. The maximum absolute atomic E-state index is 5.32. The number of para-hydroxylation sites is 5. The molecular weight excluding hydrogens is 1280 g/mol. The summed E-state index contributed by atoms with van der Waals surface area (Å²) in [5, 5.41) is 11.1. The number of rotatable bonds is 10. The Morgan fingerprint density at radius 2 is 0.606 bits per heavy atom. The van der Waals surface area contributed by atoms with Crippen LogP contribution in [0.5, 0.6) is 0 Å². The van der Waals surface area contributed by atoms with Crippen molar-refractivity contribution < 1.29 is 0 Å². The fourth-order valence-corrected chi connectivity index (χ4v) is 16.7. The van der Waals surface area contributed by atoms with Gasteiger partial charge in [0.1, 0.15) is 5.82 Å². The minimum atomic E-state index is 0.644. The number of thiophene rings is 1. The van der Waals surface area contributed by atoms with E-state index in [-0.39, 0.29) is 0 Å². The van der Waals surface area contributed by atoms with E-state index in [0.29, 0.717) is 17.5 Å². The van der Waals surface area contributed by atoms with Crippen LogP contribution in [0.3, 0.4) is 0 Å². The van der Waals surface area contributed by atoms with Crippen molar-refractivity contribution in [2.75, 3.05) is 0 Å². The lowest BCUT2D eigenvalue weighted by atomic mass is 9.96. The van der Waals surface area contributed by atoms with E-state index in [2.05, 4.69) is 323 Å². The summed E-state index contributed by atoms with van der Waals surface area (Å²) in [5.41, 5.74) is 22.7. The van der Waals surface area contributed by atoms with Gasteiger partial charge in [-0.15, -0.1) is 11.3 Å². The van der Waals surface area contributed by atoms with E-state index in [4.69, 9.17) is 19.9 Å². The first kappa shape index (κ1) is 60.3. The molecule has 0 amide bonds. The smallest absolute Gasteiger partial charge is 0.164 e. The maximum atomic E-state index is 5.32. The lowest BCUT2D eigenvalue weighted by Gasteiger charge is -2.14. The van der Waals surface area contributed by atoms with Gasteiger partial charge in [-0.3, -0.25) is 4.57 Å². The Kier molecular flexibility index (Phi) is 14.6. The van der Waals surface area contributed by atoms with Crippen molar-refractivity contribution in [1.29, 1.82) is 0 Å². The van der Waals surface area contributed by atoms with E-state index < -0.39 is 0 Å². The van der Waals surface area contributed by atoms with Crippen LogP contribution in [0, 0.1) is 0 Å². The Morgan fingerprint density at radius 1 is 0.202 bits per heavy atom. The van der Waals surface area contributed by atoms with Crippen LogP contribution >= 0.6 is 11.3 Å². The third kappa shape index (κ3) is 10.4. The van der Waals surface area contributed by atoms with Crippen molar-refractivity contribution in [2.45, 2.75) is 0 Å². The molecule has 0 aliphatic heterocycles. The largest absolute Gasteiger partial charge is 0.309 e. The quantitative estimate of drug-likeness (QED) is 0.137. The Balaban J connectivity index is 0.000000139. The molecule has 104 heavy (non-hydrogen) atoms. The second kappa shape index (κ2) is 25.2. The van der Waals surface area contributed by atoms with E-state index in [1.54, 1.807) is 0 Å². The summed E-state index contributed by atoms with van der Waals surface area (Å²) in [6, 6.07) is 132. The summed E-state index contributed by atoms with van der Waals surface area (Å²) in [6.45, 7) is 0. The zero-order valence-corrected chi connectivity index (χ0v) is 57.1. The molecule has 0 radical (unpaired) electrons. The predicted molar refractivity (Wildman–Crippen MR) is 436 cm³/mol. The highest BCUT2D eigenvalue weighted by Crippen LogP contribution is 2.44. The minimum Gasteiger partial charge on any atom is -0.309 e. The molecule has 15 aromatic carbocycles. The van der Waals surface area contributed by atoms with Gasteiger partial charge in [-0.1, -0.05) is 261 Å². The van der Waals surface area contributed by atoms with E-state index in [1.165, 1.54) is 125 Å². The van der Waals surface area contributed by atoms with Gasteiger partial charge >= 0.3 is 0 Å². The molecule has 21 rings (SSSR count). The highest BCUT2D eigenvalue weighted by atomic mass is 32.1. The van der Waals surface area contributed by atoms with Crippen LogP contribution in [0.25, 0.3) is 192 Å². The molecule has 0 unspecified atom stereocenters. The second-order valence-corrected chi connectivity index (χ2v) is 27.5. The Hall–Kier alpha value is -13.7. The Morgan fingerprint density at radius 3 is 1.24 bits per heavy atom. The summed E-state index contributed by atoms with van der Waals surface area (Å²) in [7, 11) is 0. The lowest BCUT2D eigenvalue weighted by molar-refractivity contribution is 1.07. The summed E-state index contributed by atoms with van der Waals surface area (Å²) in [5.74, 6) is 2.86. The molecule has 0 bridgehead atoms. The summed E-state index contributed by atoms with van der Waals surface area (Å²) in [6.07, 6.45) is 0. The molecule has 0 fully saturated rings. The van der Waals surface area contributed by atoms with Gasteiger partial charge in [0.15, 0.2) is 17.5 Å². The number of benzene rings is 15. The van der Waals surface area contributed by atoms with Crippen molar-refractivity contribution in [3.8, 4) is 95.9 Å². The third-order valence-electron chi connectivity index (χ3n) is 20.4. The SMILES string of the molecule is c1ccc(-c2cccc(-c3cc(-n4c5ccccc5c5cc(-c6ccc7c(c6)c6ccccc6n7-c6ccccc6)ccc54)nc4ccccc34)c2)cc1.c1ccc(-c2nc(-c3ccccc3)nc(-c3ccc(-n4c5ccccc5c5ccc(-c6cccc7c6sc6ccccc67)cc54)cc3)n2)cc1. The topological polar surface area (TPSA) is 66.3 Å². The van der Waals surface area contributed by atoms with E-state index >= 15 is 0 Å². The highest BCUT2D eigenvalue weighted by molar-refractivity contribution is 7.26. The summed E-state index contributed by atoms with van der Waals surface area (Å²) in [4.78, 5) is 20.1. The molecule has 0 aliphatic rings. The highest BCUT2D eigenvalue weighted by Gasteiger charge is 2.21. The average molecular weight is 1340 g/mol. The monoisotopic (exact) mass is 1340 g/mol. The van der Waals surface area contributed by atoms with Crippen LogP contribution in [-0.4, -0.2) is 33.6 Å². The molecule has 0 spiro atoms. The molecule has 0 atom stereocenters. The summed E-state index contributed by atoms with van der Waals surface area (Å²) < 4.78 is 9.72. The predicted octanol–water partition coefficient (Wildman–Crippen LogP) is 25.4. The van der Waals surface area contributed by atoms with E-state index in [0.717, 1.165) is 50.1 Å². The molecule has 0 saturated heterocycles. The van der Waals surface area contributed by atoms with Crippen LogP contribution in [-0.2, 0) is 0 Å². The van der Waals surface area contributed by atoms with E-state index in [1.807, 2.05) is 72.0 Å². The maximum Gasteiger partial charge on any atom is 0.164 e. The molecular formula is C96H61N7S. The van der Waals surface area contributed by atoms with Gasteiger partial charge in [0, 0.05) is 85.9 Å². The van der Waals surface area contributed by atoms with Gasteiger partial charge in [0.2, 0.25) is 0 Å². The van der Waals surface area contributed by atoms with Gasteiger partial charge in [0.05, 0.1) is 38.6 Å². The Bertz CT molecular complexity index is 6840. The number of aromatic nitrogens is 7. The average Bonchev–Trinajstić information content (AvgIpc) is 1.60. The normalized spacial score (nSPS) is 11.7. The molecule has 486 valence electrons. The minimum absolute atomic E-state index is 0.644. The van der Waals surface area contributed by atoms with Crippen LogP contribution in [0.4, 0.5) is 0 Å². The number of nitrogens with zero attached hydrogens (tertiary/aromatic N) is 7. The zero-order valence-electron chi connectivity index (χ0n) is 56.3. The van der Waals surface area contributed by atoms with Crippen LogP contribution in [0.1, 0.15) is 0 Å². The molecule has 6 aromatic heterocycles. The number of hydrogen-bond acceptors (Lipinski definition) is 5. The molecule has 8 heteroatoms. The fourth-order valence-electron chi connectivity index (χ4n) is 15.5. The molecule has 0 aliphatic carbocycles. The first-order valence-corrected chi connectivity index (χ1v) is 36.0. The van der Waals surface area contributed by atoms with Crippen molar-refractivity contribution in [1.82, 2.24) is 33.6 Å². The molecule has 7 nitrogen and oxygen atoms in total. The molecule has 21 aromatic rings.